The number of para-hydroxylation sites is 2. The fourth-order valence-electron chi connectivity index (χ4n) is 5.44. The maximum atomic E-state index is 13.6. The van der Waals surface area contributed by atoms with Gasteiger partial charge in [0, 0.05) is 17.7 Å². The van der Waals surface area contributed by atoms with E-state index in [9.17, 15) is 19.2 Å². The van der Waals surface area contributed by atoms with Gasteiger partial charge in [-0.25, -0.2) is 19.9 Å². The zero-order valence-corrected chi connectivity index (χ0v) is 30.5. The smallest absolute Gasteiger partial charge is 0.297 e. The maximum Gasteiger partial charge on any atom is 0.447 e. The summed E-state index contributed by atoms with van der Waals surface area (Å²) in [5, 5.41) is 7.83. The molecule has 276 valence electrons. The highest BCUT2D eigenvalue weighted by atomic mass is 16.7. The van der Waals surface area contributed by atoms with Gasteiger partial charge in [-0.15, -0.1) is 0 Å². The minimum atomic E-state index is -0.806. The number of nitrogens with one attached hydrogen (secondary N) is 2. The summed E-state index contributed by atoms with van der Waals surface area (Å²) in [5.74, 6) is -0.797. The van der Waals surface area contributed by atoms with E-state index in [1.807, 2.05) is 48.5 Å². The standard InChI is InChI=1S/C42H47N5O6/c1-4-7-8-9-10-17-28-43-44-41(50)52-45-37(5-2)39(48)33-22-18-20-31(29-33)32-21-19-23-34(30-32)40(49)38(6-3)46-53-42(51)47(35-24-13-11-14-25-35)36-26-15-12-16-27-36/h11-16,18-27,29-30,43H,4-10,17,28H2,1-3H3,(H,44,50)/b45-37+,46-38+. The molecule has 53 heavy (non-hydrogen) atoms. The lowest BCUT2D eigenvalue weighted by atomic mass is 9.96. The van der Waals surface area contributed by atoms with Crippen LogP contribution in [0.2, 0.25) is 0 Å². The van der Waals surface area contributed by atoms with Crippen LogP contribution in [0.5, 0.6) is 0 Å². The molecule has 0 radical (unpaired) electrons. The van der Waals surface area contributed by atoms with Crippen molar-refractivity contribution in [2.45, 2.75) is 72.1 Å². The molecule has 0 spiro atoms. The minimum Gasteiger partial charge on any atom is -0.297 e. The Morgan fingerprint density at radius 3 is 1.58 bits per heavy atom. The summed E-state index contributed by atoms with van der Waals surface area (Å²) in [6.45, 7) is 6.28. The second-order valence-electron chi connectivity index (χ2n) is 12.2. The number of carbonyl (C=O) groups excluding carboxylic acids is 4. The zero-order chi connectivity index (χ0) is 37.8. The van der Waals surface area contributed by atoms with E-state index in [0.717, 1.165) is 19.3 Å². The molecule has 11 heteroatoms. The number of nitrogens with zero attached hydrogens (tertiary/aromatic N) is 3. The van der Waals surface area contributed by atoms with Crippen LogP contribution < -0.4 is 15.8 Å². The van der Waals surface area contributed by atoms with E-state index >= 15 is 0 Å². The van der Waals surface area contributed by atoms with Crippen LogP contribution in [0, 0.1) is 0 Å². The molecule has 2 amide bonds. The topological polar surface area (TPSA) is 139 Å². The van der Waals surface area contributed by atoms with Crippen LogP contribution in [0.3, 0.4) is 0 Å². The number of anilines is 2. The van der Waals surface area contributed by atoms with Crippen molar-refractivity contribution in [1.29, 1.82) is 0 Å². The first kappa shape index (κ1) is 39.8. The van der Waals surface area contributed by atoms with Crippen molar-refractivity contribution in [3.8, 4) is 11.1 Å². The van der Waals surface area contributed by atoms with Crippen LogP contribution in [-0.2, 0) is 9.68 Å². The highest BCUT2D eigenvalue weighted by Gasteiger charge is 2.22. The van der Waals surface area contributed by atoms with E-state index in [-0.39, 0.29) is 24.3 Å². The molecule has 4 aromatic rings. The van der Waals surface area contributed by atoms with Crippen molar-refractivity contribution >= 4 is 46.6 Å². The van der Waals surface area contributed by atoms with Gasteiger partial charge in [0.1, 0.15) is 11.4 Å². The lowest BCUT2D eigenvalue weighted by Crippen LogP contribution is -2.37. The van der Waals surface area contributed by atoms with E-state index in [4.69, 9.17) is 9.68 Å². The summed E-state index contributed by atoms with van der Waals surface area (Å²) in [6.07, 6.45) is 5.68. The molecule has 0 atom stereocenters. The fraction of sp³-hybridized carbons (Fsp3) is 0.286. The number of hydrogen-bond donors (Lipinski definition) is 2. The molecule has 0 saturated carbocycles. The Hall–Kier alpha value is -5.94. The Labute approximate surface area is 311 Å². The van der Waals surface area contributed by atoms with Crippen molar-refractivity contribution in [3.05, 3.63) is 120 Å². The molecule has 0 bridgehead atoms. The molecule has 2 N–H and O–H groups in total. The average molecular weight is 718 g/mol. The predicted molar refractivity (Wildman–Crippen MR) is 208 cm³/mol. The van der Waals surface area contributed by atoms with E-state index in [1.165, 1.54) is 24.2 Å². The Balaban J connectivity index is 1.41. The average Bonchev–Trinajstić information content (AvgIpc) is 3.20. The normalized spacial score (nSPS) is 11.5. The van der Waals surface area contributed by atoms with E-state index < -0.39 is 23.8 Å². The first-order valence-electron chi connectivity index (χ1n) is 18.1. The molecule has 0 unspecified atom stereocenters. The maximum absolute atomic E-state index is 13.6. The quantitative estimate of drug-likeness (QED) is 0.0324. The number of rotatable bonds is 19. The van der Waals surface area contributed by atoms with Gasteiger partial charge in [-0.3, -0.25) is 24.7 Å². The Kier molecular flexibility index (Phi) is 16.1. The molecule has 4 rings (SSSR count). The molecule has 4 aromatic carbocycles. The number of hydrogen-bond acceptors (Lipinski definition) is 9. The number of amides is 2. The first-order valence-corrected chi connectivity index (χ1v) is 18.1. The predicted octanol–water partition coefficient (Wildman–Crippen LogP) is 9.82. The van der Waals surface area contributed by atoms with Crippen molar-refractivity contribution in [2.75, 3.05) is 11.4 Å². The number of benzene rings is 4. The minimum absolute atomic E-state index is 0.0611. The van der Waals surface area contributed by atoms with Gasteiger partial charge in [0.05, 0.1) is 11.4 Å². The van der Waals surface area contributed by atoms with Gasteiger partial charge in [0.2, 0.25) is 11.6 Å². The number of ketones is 2. The fourth-order valence-corrected chi connectivity index (χ4v) is 5.44. The van der Waals surface area contributed by atoms with Crippen molar-refractivity contribution in [1.82, 2.24) is 10.9 Å². The zero-order valence-electron chi connectivity index (χ0n) is 30.5. The molecule has 0 aliphatic carbocycles. The van der Waals surface area contributed by atoms with Crippen LogP contribution in [0.1, 0.15) is 92.9 Å². The molecule has 0 fully saturated rings. The van der Waals surface area contributed by atoms with Crippen molar-refractivity contribution in [3.63, 3.8) is 0 Å². The van der Waals surface area contributed by atoms with Gasteiger partial charge < -0.3 is 0 Å². The molecule has 0 aromatic heterocycles. The Morgan fingerprint density at radius 2 is 1.08 bits per heavy atom. The van der Waals surface area contributed by atoms with Crippen LogP contribution in [0.4, 0.5) is 21.0 Å². The monoisotopic (exact) mass is 717 g/mol. The van der Waals surface area contributed by atoms with Gasteiger partial charge in [0.25, 0.3) is 0 Å². The molecule has 11 nitrogen and oxygen atoms in total. The summed E-state index contributed by atoms with van der Waals surface area (Å²) in [5.41, 5.74) is 8.60. The largest absolute Gasteiger partial charge is 0.447 e. The van der Waals surface area contributed by atoms with Gasteiger partial charge in [0.15, 0.2) is 0 Å². The lowest BCUT2D eigenvalue weighted by molar-refractivity contribution is 0.104. The number of carbonyl (C=O) groups is 4. The lowest BCUT2D eigenvalue weighted by Gasteiger charge is -2.20. The van der Waals surface area contributed by atoms with Gasteiger partial charge in [-0.05, 0) is 66.8 Å². The Morgan fingerprint density at radius 1 is 0.585 bits per heavy atom. The number of hydrazine groups is 1. The van der Waals surface area contributed by atoms with Crippen LogP contribution >= 0.6 is 0 Å². The van der Waals surface area contributed by atoms with E-state index in [0.29, 0.717) is 40.2 Å². The van der Waals surface area contributed by atoms with Crippen LogP contribution in [0.25, 0.3) is 11.1 Å². The number of oxime groups is 2. The summed E-state index contributed by atoms with van der Waals surface area (Å²) >= 11 is 0. The Bertz CT molecular complexity index is 1840. The summed E-state index contributed by atoms with van der Waals surface area (Å²) < 4.78 is 0. The van der Waals surface area contributed by atoms with Crippen molar-refractivity contribution in [2.24, 2.45) is 10.3 Å². The van der Waals surface area contributed by atoms with Crippen LogP contribution in [-0.4, -0.2) is 41.7 Å². The molecule has 0 aliphatic rings. The summed E-state index contributed by atoms with van der Waals surface area (Å²) in [6, 6.07) is 31.8. The number of unbranched alkanes of at least 4 members (excludes halogenated alkanes) is 5. The van der Waals surface area contributed by atoms with Crippen molar-refractivity contribution < 1.29 is 28.9 Å². The second-order valence-corrected chi connectivity index (χ2v) is 12.2. The molecule has 0 heterocycles. The molecule has 0 saturated heterocycles. The summed E-state index contributed by atoms with van der Waals surface area (Å²) in [4.78, 5) is 64.1. The van der Waals surface area contributed by atoms with Gasteiger partial charge in [-0.1, -0.05) is 136 Å². The van der Waals surface area contributed by atoms with Gasteiger partial charge in [-0.2, -0.15) is 0 Å². The number of Topliss-reactive ketones (excluding diaryl/α,β-unsaturated/α-hetero) is 2. The highest BCUT2D eigenvalue weighted by molar-refractivity contribution is 6.46. The first-order chi connectivity index (χ1) is 25.9. The third-order valence-electron chi connectivity index (χ3n) is 8.31. The molecular weight excluding hydrogens is 670 g/mol. The highest BCUT2D eigenvalue weighted by Crippen LogP contribution is 2.26. The molecular formula is C42H47N5O6. The third kappa shape index (κ3) is 12.1. The van der Waals surface area contributed by atoms with Gasteiger partial charge >= 0.3 is 12.2 Å². The third-order valence-corrected chi connectivity index (χ3v) is 8.31. The second kappa shape index (κ2) is 21.4. The molecule has 0 aliphatic heterocycles. The van der Waals surface area contributed by atoms with E-state index in [1.54, 1.807) is 74.5 Å². The van der Waals surface area contributed by atoms with E-state index in [2.05, 4.69) is 28.1 Å². The summed E-state index contributed by atoms with van der Waals surface area (Å²) in [7, 11) is 0. The van der Waals surface area contributed by atoms with Crippen LogP contribution in [0.15, 0.2) is 120 Å². The SMILES string of the molecule is CCCCCCCCNNC(=O)O/N=C(\CC)C(=O)c1cccc(-c2cccc(C(=O)/C(CC)=N/OC(=O)N(c3ccccc3)c3ccccc3)c2)c1.